The van der Waals surface area contributed by atoms with E-state index in [1.54, 1.807) is 11.9 Å². The van der Waals surface area contributed by atoms with E-state index in [2.05, 4.69) is 6.92 Å². The molecule has 0 saturated carbocycles. The Bertz CT molecular complexity index is 281. The minimum atomic E-state index is -0.301. The fourth-order valence-corrected chi connectivity index (χ4v) is 1.94. The molecule has 0 aromatic carbocycles. The molecule has 0 aromatic rings. The molecule has 0 atom stereocenters. The van der Waals surface area contributed by atoms with E-state index >= 15 is 0 Å². The van der Waals surface area contributed by atoms with Crippen LogP contribution < -0.4 is 0 Å². The van der Waals surface area contributed by atoms with Gasteiger partial charge in [-0.15, -0.1) is 0 Å². The van der Waals surface area contributed by atoms with Crippen LogP contribution in [-0.2, 0) is 19.1 Å². The van der Waals surface area contributed by atoms with E-state index in [1.807, 2.05) is 0 Å². The topological polar surface area (TPSA) is 55.8 Å². The van der Waals surface area contributed by atoms with E-state index < -0.39 is 0 Å². The molecule has 0 aliphatic carbocycles. The van der Waals surface area contributed by atoms with Gasteiger partial charge in [-0.1, -0.05) is 45.4 Å². The Morgan fingerprint density at radius 2 is 1.52 bits per heavy atom. The zero-order valence-corrected chi connectivity index (χ0v) is 13.9. The van der Waals surface area contributed by atoms with Crippen molar-refractivity contribution in [2.24, 2.45) is 0 Å². The Kier molecular flexibility index (Phi) is 13.1. The Hall–Kier alpha value is -1.10. The Morgan fingerprint density at radius 3 is 2.14 bits per heavy atom. The largest absolute Gasteiger partial charge is 0.465 e. The highest BCUT2D eigenvalue weighted by molar-refractivity contribution is 5.71. The van der Waals surface area contributed by atoms with Crippen LogP contribution in [0.2, 0.25) is 0 Å². The third kappa shape index (κ3) is 15.1. The van der Waals surface area contributed by atoms with Crippen molar-refractivity contribution in [3.63, 3.8) is 0 Å². The van der Waals surface area contributed by atoms with Gasteiger partial charge in [0.15, 0.2) is 0 Å². The number of esters is 2. The first-order chi connectivity index (χ1) is 10.1. The molecule has 0 rings (SSSR count). The van der Waals surface area contributed by atoms with Crippen LogP contribution in [0.3, 0.4) is 0 Å². The summed E-state index contributed by atoms with van der Waals surface area (Å²) < 4.78 is 9.99. The number of likely N-dealkylation sites (N-methyl/N-ethyl adjacent to an activating group) is 1. The van der Waals surface area contributed by atoms with E-state index in [1.165, 1.54) is 39.0 Å². The van der Waals surface area contributed by atoms with Gasteiger partial charge in [-0.25, -0.2) is 0 Å². The van der Waals surface area contributed by atoms with Crippen LogP contribution in [0.15, 0.2) is 0 Å². The summed E-state index contributed by atoms with van der Waals surface area (Å²) in [6.07, 6.45) is 8.45. The maximum Gasteiger partial charge on any atom is 0.320 e. The molecular weight excluding hydrogens is 270 g/mol. The molecule has 124 valence electrons. The van der Waals surface area contributed by atoms with Gasteiger partial charge in [0.05, 0.1) is 13.2 Å². The van der Waals surface area contributed by atoms with E-state index in [4.69, 9.17) is 9.47 Å². The van der Waals surface area contributed by atoms with E-state index in [9.17, 15) is 9.59 Å². The van der Waals surface area contributed by atoms with Crippen LogP contribution in [-0.4, -0.2) is 50.2 Å². The summed E-state index contributed by atoms with van der Waals surface area (Å²) in [6, 6.07) is 0. The second-order valence-corrected chi connectivity index (χ2v) is 5.42. The van der Waals surface area contributed by atoms with Crippen LogP contribution in [0, 0.1) is 0 Å². The Balaban J connectivity index is 3.38. The Labute approximate surface area is 129 Å². The molecule has 5 nitrogen and oxygen atoms in total. The number of hydrogen-bond donors (Lipinski definition) is 0. The zero-order chi connectivity index (χ0) is 15.9. The highest BCUT2D eigenvalue weighted by atomic mass is 16.5. The highest BCUT2D eigenvalue weighted by Gasteiger charge is 2.07. The van der Waals surface area contributed by atoms with E-state index in [0.29, 0.717) is 19.8 Å². The summed E-state index contributed by atoms with van der Waals surface area (Å²) in [4.78, 5) is 23.9. The van der Waals surface area contributed by atoms with Gasteiger partial charge in [-0.3, -0.25) is 14.5 Å². The standard InChI is InChI=1S/C16H31NO4/c1-4-5-6-7-8-9-10-12-21-16(19)14-17(3)11-13-20-15(2)18/h4-14H2,1-3H3. The smallest absolute Gasteiger partial charge is 0.320 e. The first kappa shape index (κ1) is 19.9. The van der Waals surface area contributed by atoms with Crippen LogP contribution in [0.4, 0.5) is 0 Å². The molecule has 0 bridgehead atoms. The lowest BCUT2D eigenvalue weighted by molar-refractivity contribution is -0.145. The number of unbranched alkanes of at least 4 members (excludes halogenated alkanes) is 6. The molecular formula is C16H31NO4. The first-order valence-electron chi connectivity index (χ1n) is 8.03. The third-order valence-corrected chi connectivity index (χ3v) is 3.19. The van der Waals surface area contributed by atoms with Crippen molar-refractivity contribution in [3.05, 3.63) is 0 Å². The van der Waals surface area contributed by atoms with Gasteiger partial charge >= 0.3 is 11.9 Å². The first-order valence-corrected chi connectivity index (χ1v) is 8.03. The molecule has 0 heterocycles. The predicted octanol–water partition coefficient (Wildman–Crippen LogP) is 2.78. The van der Waals surface area contributed by atoms with Crippen LogP contribution in [0.5, 0.6) is 0 Å². The molecule has 5 heteroatoms. The summed E-state index contributed by atoms with van der Waals surface area (Å²) in [7, 11) is 1.80. The maximum absolute atomic E-state index is 11.6. The van der Waals surface area contributed by atoms with Crippen molar-refractivity contribution in [2.45, 2.75) is 58.8 Å². The summed E-state index contributed by atoms with van der Waals surface area (Å²) in [5.74, 6) is -0.517. The second-order valence-electron chi connectivity index (χ2n) is 5.42. The molecule has 0 unspecified atom stereocenters. The number of carbonyl (C=O) groups excluding carboxylic acids is 2. The minimum Gasteiger partial charge on any atom is -0.465 e. The van der Waals surface area contributed by atoms with Crippen molar-refractivity contribution in [1.82, 2.24) is 4.90 Å². The fraction of sp³-hybridized carbons (Fsp3) is 0.875. The number of nitrogens with zero attached hydrogens (tertiary/aromatic N) is 1. The average molecular weight is 301 g/mol. The lowest BCUT2D eigenvalue weighted by Crippen LogP contribution is -2.30. The lowest BCUT2D eigenvalue weighted by Gasteiger charge is -2.15. The van der Waals surface area contributed by atoms with Gasteiger partial charge in [-0.05, 0) is 13.5 Å². The van der Waals surface area contributed by atoms with E-state index in [0.717, 1.165) is 12.8 Å². The monoisotopic (exact) mass is 301 g/mol. The molecule has 21 heavy (non-hydrogen) atoms. The highest BCUT2D eigenvalue weighted by Crippen LogP contribution is 2.06. The Morgan fingerprint density at radius 1 is 0.905 bits per heavy atom. The number of rotatable bonds is 13. The second kappa shape index (κ2) is 13.9. The maximum atomic E-state index is 11.6. The van der Waals surface area contributed by atoms with Gasteiger partial charge in [0.2, 0.25) is 0 Å². The summed E-state index contributed by atoms with van der Waals surface area (Å²) in [5.41, 5.74) is 0. The predicted molar refractivity (Wildman–Crippen MR) is 83.1 cm³/mol. The summed E-state index contributed by atoms with van der Waals surface area (Å²) >= 11 is 0. The number of hydrogen-bond acceptors (Lipinski definition) is 5. The van der Waals surface area contributed by atoms with E-state index in [-0.39, 0.29) is 18.5 Å². The van der Waals surface area contributed by atoms with Crippen molar-refractivity contribution >= 4 is 11.9 Å². The summed E-state index contributed by atoms with van der Waals surface area (Å²) in [6.45, 7) is 5.16. The lowest BCUT2D eigenvalue weighted by atomic mass is 10.1. The molecule has 0 fully saturated rings. The zero-order valence-electron chi connectivity index (χ0n) is 13.9. The van der Waals surface area contributed by atoms with Gasteiger partial charge in [0.25, 0.3) is 0 Å². The minimum absolute atomic E-state index is 0.216. The van der Waals surface area contributed by atoms with Crippen LogP contribution in [0.1, 0.15) is 58.8 Å². The molecule has 0 radical (unpaired) electrons. The number of ether oxygens (including phenoxy) is 2. The molecule has 0 amide bonds. The van der Waals surface area contributed by atoms with Gasteiger partial charge in [0.1, 0.15) is 6.61 Å². The van der Waals surface area contributed by atoms with Crippen molar-refractivity contribution in [1.29, 1.82) is 0 Å². The normalized spacial score (nSPS) is 10.7. The molecule has 0 aliphatic rings. The molecule has 0 saturated heterocycles. The van der Waals surface area contributed by atoms with Gasteiger partial charge in [0, 0.05) is 13.5 Å². The van der Waals surface area contributed by atoms with Crippen LogP contribution in [0.25, 0.3) is 0 Å². The molecule has 0 N–H and O–H groups in total. The van der Waals surface area contributed by atoms with Gasteiger partial charge < -0.3 is 9.47 Å². The summed E-state index contributed by atoms with van der Waals surface area (Å²) in [5, 5.41) is 0. The fourth-order valence-electron chi connectivity index (χ4n) is 1.94. The average Bonchev–Trinajstić information content (AvgIpc) is 2.41. The molecule has 0 aromatic heterocycles. The quantitative estimate of drug-likeness (QED) is 0.387. The van der Waals surface area contributed by atoms with Crippen LogP contribution >= 0.6 is 0 Å². The van der Waals surface area contributed by atoms with Crippen molar-refractivity contribution in [3.8, 4) is 0 Å². The molecule has 0 aliphatic heterocycles. The van der Waals surface area contributed by atoms with Crippen molar-refractivity contribution < 1.29 is 19.1 Å². The third-order valence-electron chi connectivity index (χ3n) is 3.19. The molecule has 0 spiro atoms. The van der Waals surface area contributed by atoms with Gasteiger partial charge in [-0.2, -0.15) is 0 Å². The SMILES string of the molecule is CCCCCCCCCOC(=O)CN(C)CCOC(C)=O. The number of carbonyl (C=O) groups is 2. The van der Waals surface area contributed by atoms with Crippen molar-refractivity contribution in [2.75, 3.05) is 33.4 Å².